The average molecular weight is 291 g/mol. The number of hydrogen-bond acceptors (Lipinski definition) is 3. The Balaban J connectivity index is 1.85. The van der Waals surface area contributed by atoms with Crippen molar-refractivity contribution < 1.29 is 9.53 Å². The van der Waals surface area contributed by atoms with Gasteiger partial charge in [-0.25, -0.2) is 4.99 Å². The molecule has 0 saturated carbocycles. The van der Waals surface area contributed by atoms with Crippen LogP contribution in [0, 0.1) is 5.92 Å². The highest BCUT2D eigenvalue weighted by atomic mass is 35.5. The highest BCUT2D eigenvalue weighted by Gasteiger charge is 2.27. The number of nitrogens with one attached hydrogen (secondary N) is 1. The van der Waals surface area contributed by atoms with Crippen molar-refractivity contribution in [1.29, 1.82) is 0 Å². The van der Waals surface area contributed by atoms with E-state index in [1.54, 1.807) is 12.1 Å². The molecule has 5 heteroatoms. The Hall–Kier alpha value is -1.65. The fraction of sp³-hybridized carbons (Fsp3) is 0.333. The number of ether oxygens (including phenoxy) is 1. The molecule has 20 heavy (non-hydrogen) atoms. The number of carbonyl (C=O) groups excluding carboxylic acids is 1. The number of hydrogen-bond donors (Lipinski definition) is 1. The number of amidine groups is 1. The molecule has 0 spiro atoms. The first kappa shape index (κ1) is 13.3. The van der Waals surface area contributed by atoms with Gasteiger partial charge in [-0.2, -0.15) is 0 Å². The Morgan fingerprint density at radius 3 is 2.80 bits per heavy atom. The van der Waals surface area contributed by atoms with Crippen molar-refractivity contribution in [2.45, 2.75) is 12.8 Å². The van der Waals surface area contributed by atoms with Crippen molar-refractivity contribution in [1.82, 2.24) is 5.32 Å². The maximum Gasteiger partial charge on any atom is 0.275 e. The maximum atomic E-state index is 12.0. The van der Waals surface area contributed by atoms with Crippen LogP contribution in [0.1, 0.15) is 18.4 Å². The van der Waals surface area contributed by atoms with Gasteiger partial charge in [0.1, 0.15) is 11.5 Å². The molecule has 1 aromatic rings. The lowest BCUT2D eigenvalue weighted by Crippen LogP contribution is -2.33. The summed E-state index contributed by atoms with van der Waals surface area (Å²) in [4.78, 5) is 16.4. The molecule has 2 aliphatic rings. The largest absolute Gasteiger partial charge is 0.381 e. The first-order valence-electron chi connectivity index (χ1n) is 6.68. The Morgan fingerprint density at radius 2 is 2.05 bits per heavy atom. The molecule has 1 amide bonds. The summed E-state index contributed by atoms with van der Waals surface area (Å²) < 4.78 is 5.32. The Labute approximate surface area is 122 Å². The summed E-state index contributed by atoms with van der Waals surface area (Å²) in [6.07, 6.45) is 3.53. The van der Waals surface area contributed by atoms with E-state index in [2.05, 4.69) is 10.3 Å². The number of benzene rings is 1. The van der Waals surface area contributed by atoms with E-state index in [0.29, 0.717) is 10.7 Å². The molecular weight excluding hydrogens is 276 g/mol. The van der Waals surface area contributed by atoms with Crippen LogP contribution in [0.25, 0.3) is 6.08 Å². The van der Waals surface area contributed by atoms with Crippen LogP contribution in [-0.2, 0) is 9.53 Å². The lowest BCUT2D eigenvalue weighted by Gasteiger charge is -2.21. The molecule has 1 fully saturated rings. The zero-order valence-corrected chi connectivity index (χ0v) is 11.7. The van der Waals surface area contributed by atoms with E-state index >= 15 is 0 Å². The summed E-state index contributed by atoms with van der Waals surface area (Å²) in [6, 6.07) is 7.40. The summed E-state index contributed by atoms with van der Waals surface area (Å²) in [5.74, 6) is 0.882. The third-order valence-corrected chi connectivity index (χ3v) is 3.86. The maximum absolute atomic E-state index is 12.0. The summed E-state index contributed by atoms with van der Waals surface area (Å²) in [6.45, 7) is 1.45. The Morgan fingerprint density at radius 1 is 1.30 bits per heavy atom. The molecule has 0 unspecified atom stereocenters. The van der Waals surface area contributed by atoms with Gasteiger partial charge in [0.05, 0.1) is 0 Å². The SMILES string of the molecule is O=C1NC(C2CCOCC2)=N/C1=C\c1ccccc1Cl. The van der Waals surface area contributed by atoms with Gasteiger partial charge < -0.3 is 10.1 Å². The molecule has 0 atom stereocenters. The fourth-order valence-corrected chi connectivity index (χ4v) is 2.58. The molecule has 0 aliphatic carbocycles. The van der Waals surface area contributed by atoms with Crippen molar-refractivity contribution in [2.75, 3.05) is 13.2 Å². The zero-order chi connectivity index (χ0) is 13.9. The first-order valence-corrected chi connectivity index (χ1v) is 7.06. The number of nitrogens with zero attached hydrogens (tertiary/aromatic N) is 1. The van der Waals surface area contributed by atoms with Crippen LogP contribution in [0.5, 0.6) is 0 Å². The van der Waals surface area contributed by atoms with Crippen LogP contribution in [0.2, 0.25) is 5.02 Å². The van der Waals surface area contributed by atoms with Gasteiger partial charge in [-0.1, -0.05) is 29.8 Å². The van der Waals surface area contributed by atoms with Gasteiger partial charge in [-0.15, -0.1) is 0 Å². The van der Waals surface area contributed by atoms with Gasteiger partial charge in [0.2, 0.25) is 0 Å². The van der Waals surface area contributed by atoms with E-state index in [9.17, 15) is 4.79 Å². The molecule has 2 heterocycles. The van der Waals surface area contributed by atoms with Crippen LogP contribution < -0.4 is 5.32 Å². The molecule has 1 N–H and O–H groups in total. The van der Waals surface area contributed by atoms with E-state index < -0.39 is 0 Å². The normalized spacial score (nSPS) is 21.9. The molecule has 2 aliphatic heterocycles. The van der Waals surface area contributed by atoms with E-state index in [1.165, 1.54) is 0 Å². The summed E-state index contributed by atoms with van der Waals surface area (Å²) in [5, 5.41) is 3.47. The second kappa shape index (κ2) is 5.77. The predicted molar refractivity (Wildman–Crippen MR) is 78.5 cm³/mol. The second-order valence-electron chi connectivity index (χ2n) is 4.89. The van der Waals surface area contributed by atoms with E-state index in [1.807, 2.05) is 18.2 Å². The predicted octanol–water partition coefficient (Wildman–Crippen LogP) is 2.64. The van der Waals surface area contributed by atoms with Crippen LogP contribution in [0.4, 0.5) is 0 Å². The van der Waals surface area contributed by atoms with Crippen LogP contribution in [0.15, 0.2) is 35.0 Å². The molecular formula is C15H15ClN2O2. The topological polar surface area (TPSA) is 50.7 Å². The molecule has 4 nitrogen and oxygen atoms in total. The van der Waals surface area contributed by atoms with Gasteiger partial charge in [0, 0.05) is 24.2 Å². The lowest BCUT2D eigenvalue weighted by atomic mass is 9.99. The highest BCUT2D eigenvalue weighted by molar-refractivity contribution is 6.32. The van der Waals surface area contributed by atoms with Crippen LogP contribution in [-0.4, -0.2) is 25.0 Å². The van der Waals surface area contributed by atoms with Crippen LogP contribution in [0.3, 0.4) is 0 Å². The standard InChI is InChI=1S/C15H15ClN2O2/c16-12-4-2-1-3-11(12)9-13-15(19)18-14(17-13)10-5-7-20-8-6-10/h1-4,9-10H,5-8H2,(H,17,18,19)/b13-9-. The minimum absolute atomic E-state index is 0.161. The zero-order valence-electron chi connectivity index (χ0n) is 10.9. The molecule has 0 aromatic heterocycles. The Bertz CT molecular complexity index is 589. The van der Waals surface area contributed by atoms with Gasteiger partial charge in [-0.3, -0.25) is 4.79 Å². The fourth-order valence-electron chi connectivity index (χ4n) is 2.39. The number of halogens is 1. The molecule has 1 saturated heterocycles. The Kier molecular flexibility index (Phi) is 3.85. The first-order chi connectivity index (χ1) is 9.74. The van der Waals surface area contributed by atoms with Gasteiger partial charge in [0.15, 0.2) is 0 Å². The molecule has 0 radical (unpaired) electrons. The molecule has 3 rings (SSSR count). The summed E-state index contributed by atoms with van der Waals surface area (Å²) in [5.41, 5.74) is 1.22. The van der Waals surface area contributed by atoms with Crippen molar-refractivity contribution in [3.8, 4) is 0 Å². The van der Waals surface area contributed by atoms with Crippen molar-refractivity contribution in [3.63, 3.8) is 0 Å². The van der Waals surface area contributed by atoms with Gasteiger partial charge >= 0.3 is 0 Å². The van der Waals surface area contributed by atoms with Crippen LogP contribution >= 0.6 is 11.6 Å². The third kappa shape index (κ3) is 2.76. The summed E-state index contributed by atoms with van der Waals surface area (Å²) >= 11 is 6.09. The second-order valence-corrected chi connectivity index (χ2v) is 5.30. The lowest BCUT2D eigenvalue weighted by molar-refractivity contribution is -0.115. The smallest absolute Gasteiger partial charge is 0.275 e. The number of amides is 1. The monoisotopic (exact) mass is 290 g/mol. The van der Waals surface area contributed by atoms with Crippen molar-refractivity contribution in [2.24, 2.45) is 10.9 Å². The summed E-state index contributed by atoms with van der Waals surface area (Å²) in [7, 11) is 0. The third-order valence-electron chi connectivity index (χ3n) is 3.52. The number of carbonyl (C=O) groups is 1. The molecule has 104 valence electrons. The minimum atomic E-state index is -0.161. The van der Waals surface area contributed by atoms with Crippen molar-refractivity contribution >= 4 is 29.4 Å². The van der Waals surface area contributed by atoms with E-state index in [-0.39, 0.29) is 11.8 Å². The molecule has 0 bridgehead atoms. The number of rotatable bonds is 2. The highest BCUT2D eigenvalue weighted by Crippen LogP contribution is 2.23. The van der Waals surface area contributed by atoms with E-state index in [0.717, 1.165) is 37.5 Å². The number of aliphatic imine (C=N–C) groups is 1. The quantitative estimate of drug-likeness (QED) is 0.851. The van der Waals surface area contributed by atoms with Gasteiger partial charge in [0.25, 0.3) is 5.91 Å². The average Bonchev–Trinajstić information content (AvgIpc) is 2.84. The minimum Gasteiger partial charge on any atom is -0.381 e. The van der Waals surface area contributed by atoms with E-state index in [4.69, 9.17) is 16.3 Å². The molecule has 1 aromatic carbocycles. The van der Waals surface area contributed by atoms with Gasteiger partial charge in [-0.05, 0) is 30.5 Å². The van der Waals surface area contributed by atoms with Crippen molar-refractivity contribution in [3.05, 3.63) is 40.5 Å².